The van der Waals surface area contributed by atoms with Crippen molar-refractivity contribution in [1.82, 2.24) is 4.72 Å². The molecule has 0 aliphatic carbocycles. The average Bonchev–Trinajstić information content (AvgIpc) is 2.69. The van der Waals surface area contributed by atoms with Crippen LogP contribution in [-0.4, -0.2) is 28.5 Å². The lowest BCUT2D eigenvalue weighted by Crippen LogP contribution is -2.43. The van der Waals surface area contributed by atoms with Crippen molar-refractivity contribution in [2.75, 3.05) is 6.54 Å². The molecule has 0 aromatic heterocycles. The molecule has 0 aliphatic rings. The third-order valence-electron chi connectivity index (χ3n) is 6.47. The summed E-state index contributed by atoms with van der Waals surface area (Å²) in [5.41, 5.74) is 1.64. The molecule has 0 saturated carbocycles. The van der Waals surface area contributed by atoms with E-state index in [2.05, 4.69) is 53.0 Å². The summed E-state index contributed by atoms with van der Waals surface area (Å²) in [5.74, 6) is 3.46. The van der Waals surface area contributed by atoms with E-state index >= 15 is 0 Å². The van der Waals surface area contributed by atoms with Gasteiger partial charge in [0.25, 0.3) is 0 Å². The summed E-state index contributed by atoms with van der Waals surface area (Å²) in [6, 6.07) is 11.9. The molecule has 0 radical (unpaired) electrons. The van der Waals surface area contributed by atoms with Crippen LogP contribution in [0.5, 0.6) is 0 Å². The molecule has 2 aromatic carbocycles. The molecule has 0 saturated heterocycles. The predicted octanol–water partition coefficient (Wildman–Crippen LogP) is 6.78. The van der Waals surface area contributed by atoms with Gasteiger partial charge >= 0.3 is 15.5 Å². The van der Waals surface area contributed by atoms with Gasteiger partial charge in [0.05, 0.1) is 0 Å². The van der Waals surface area contributed by atoms with Crippen molar-refractivity contribution in [3.63, 3.8) is 0 Å². The van der Waals surface area contributed by atoms with Crippen molar-refractivity contribution in [3.8, 4) is 11.5 Å². The maximum atomic E-state index is 12.6. The van der Waals surface area contributed by atoms with Gasteiger partial charge in [0, 0.05) is 12.1 Å². The third-order valence-corrected chi connectivity index (χ3v) is 14.0. The number of nitrogens with one attached hydrogen (secondary N) is 1. The molecule has 0 aliphatic heterocycles. The number of fused-ring (bicyclic) bond motifs is 1. The Morgan fingerprint density at radius 1 is 0.939 bits per heavy atom. The molecule has 2 aromatic rings. The topological polar surface area (TPSA) is 46.2 Å². The van der Waals surface area contributed by atoms with Gasteiger partial charge in [-0.05, 0) is 57.9 Å². The van der Waals surface area contributed by atoms with Gasteiger partial charge in [-0.3, -0.25) is 0 Å². The molecule has 182 valence electrons. The second-order valence-corrected chi connectivity index (χ2v) is 16.8. The normalized spacial score (nSPS) is 13.1. The predicted molar refractivity (Wildman–Crippen MR) is 133 cm³/mol. The lowest BCUT2D eigenvalue weighted by molar-refractivity contribution is -0.0447. The summed E-state index contributed by atoms with van der Waals surface area (Å²) in [7, 11) is -7.29. The molecule has 0 fully saturated rings. The number of halogens is 3. The van der Waals surface area contributed by atoms with Crippen LogP contribution in [0.1, 0.15) is 59.1 Å². The number of benzene rings is 2. The Labute approximate surface area is 197 Å². The van der Waals surface area contributed by atoms with Crippen LogP contribution >= 0.6 is 0 Å². The Bertz CT molecular complexity index is 1110. The molecule has 2 rings (SSSR count). The molecule has 1 N–H and O–H groups in total. The molecule has 0 amide bonds. The van der Waals surface area contributed by atoms with Gasteiger partial charge in [0.15, 0.2) is 0 Å². The molecule has 0 heterocycles. The molecule has 0 unspecified atom stereocenters. The highest BCUT2D eigenvalue weighted by molar-refractivity contribution is 7.90. The summed E-state index contributed by atoms with van der Waals surface area (Å²) in [5, 5.41) is 2.07. The molecule has 0 bridgehead atoms. The molecule has 33 heavy (non-hydrogen) atoms. The van der Waals surface area contributed by atoms with Crippen molar-refractivity contribution in [1.29, 1.82) is 0 Å². The Kier molecular flexibility index (Phi) is 8.83. The maximum Gasteiger partial charge on any atom is 0.511 e. The quantitative estimate of drug-likeness (QED) is 0.248. The average molecular weight is 498 g/mol. The van der Waals surface area contributed by atoms with Gasteiger partial charge in [-0.15, -0.1) is 5.54 Å². The van der Waals surface area contributed by atoms with Gasteiger partial charge < -0.3 is 0 Å². The van der Waals surface area contributed by atoms with E-state index in [-0.39, 0.29) is 13.0 Å². The van der Waals surface area contributed by atoms with Crippen molar-refractivity contribution in [3.05, 3.63) is 47.5 Å². The lowest BCUT2D eigenvalue weighted by atomic mass is 9.98. The van der Waals surface area contributed by atoms with Crippen molar-refractivity contribution >= 4 is 28.9 Å². The molecule has 3 nitrogen and oxygen atoms in total. The second kappa shape index (κ2) is 10.6. The first-order valence-corrected chi connectivity index (χ1v) is 15.0. The molecule has 0 spiro atoms. The van der Waals surface area contributed by atoms with Gasteiger partial charge in [0.1, 0.15) is 8.07 Å². The van der Waals surface area contributed by atoms with Crippen molar-refractivity contribution < 1.29 is 21.6 Å². The van der Waals surface area contributed by atoms with Gasteiger partial charge in [-0.25, -0.2) is 13.1 Å². The van der Waals surface area contributed by atoms with Crippen LogP contribution in [-0.2, 0) is 16.4 Å². The van der Waals surface area contributed by atoms with Crippen LogP contribution in [0.25, 0.3) is 10.8 Å². The second-order valence-electron chi connectivity index (χ2n) is 9.45. The van der Waals surface area contributed by atoms with Gasteiger partial charge in [-0.1, -0.05) is 71.7 Å². The minimum atomic E-state index is -5.33. The molecule has 8 heteroatoms. The maximum absolute atomic E-state index is 12.6. The van der Waals surface area contributed by atoms with E-state index in [1.807, 2.05) is 36.4 Å². The fourth-order valence-corrected chi connectivity index (χ4v) is 10.6. The summed E-state index contributed by atoms with van der Waals surface area (Å²) < 4.78 is 61.9. The van der Waals surface area contributed by atoms with Crippen LogP contribution in [0.3, 0.4) is 0 Å². The minimum absolute atomic E-state index is 0.240. The Morgan fingerprint density at radius 2 is 1.45 bits per heavy atom. The summed E-state index contributed by atoms with van der Waals surface area (Å²) in [6.07, 6.45) is 0.665. The highest BCUT2D eigenvalue weighted by Crippen LogP contribution is 2.41. The first-order valence-electron chi connectivity index (χ1n) is 11.3. The van der Waals surface area contributed by atoms with E-state index in [1.54, 1.807) is 4.72 Å². The monoisotopic (exact) mass is 497 g/mol. The minimum Gasteiger partial charge on any atom is -0.207 e. The van der Waals surface area contributed by atoms with Crippen molar-refractivity contribution in [2.24, 2.45) is 0 Å². The largest absolute Gasteiger partial charge is 0.511 e. The smallest absolute Gasteiger partial charge is 0.207 e. The number of rotatable bonds is 8. The fourth-order valence-electron chi connectivity index (χ4n) is 4.79. The van der Waals surface area contributed by atoms with E-state index in [4.69, 9.17) is 0 Å². The molecule has 0 atom stereocenters. The summed E-state index contributed by atoms with van der Waals surface area (Å²) >= 11 is 0. The van der Waals surface area contributed by atoms with Crippen LogP contribution in [0.4, 0.5) is 13.2 Å². The highest BCUT2D eigenvalue weighted by Gasteiger charge is 2.45. The first kappa shape index (κ1) is 27.4. The molecular weight excluding hydrogens is 463 g/mol. The van der Waals surface area contributed by atoms with Gasteiger partial charge in [-0.2, -0.15) is 13.2 Å². The number of aryl methyl sites for hydroxylation is 1. The van der Waals surface area contributed by atoms with Crippen molar-refractivity contribution in [2.45, 2.75) is 76.5 Å². The van der Waals surface area contributed by atoms with E-state index in [0.29, 0.717) is 23.0 Å². The Morgan fingerprint density at radius 3 is 1.94 bits per heavy atom. The lowest BCUT2D eigenvalue weighted by Gasteiger charge is -2.38. The number of hydrogen-bond donors (Lipinski definition) is 1. The Hall–Kier alpha value is -1.82. The summed E-state index contributed by atoms with van der Waals surface area (Å²) in [4.78, 5) is 0. The third kappa shape index (κ3) is 6.20. The fraction of sp³-hybridized carbons (Fsp3) is 0.520. The zero-order valence-electron chi connectivity index (χ0n) is 20.2. The molecular formula is C25H34F3NO2SSi. The highest BCUT2D eigenvalue weighted by atomic mass is 32.2. The van der Waals surface area contributed by atoms with E-state index < -0.39 is 23.6 Å². The van der Waals surface area contributed by atoms with Crippen LogP contribution < -0.4 is 4.72 Å². The standard InChI is InChI=1S/C25H34F3NO2SSi/c1-18(2)33(19(3)4,20(5)6)15-13-24-17-22-11-8-7-10-21(22)16-23(24)12-9-14-29-32(30,31)25(26,27)28/h7-8,10-11,16-20,29H,9,12,14H2,1-6H3. The van der Waals surface area contributed by atoms with E-state index in [0.717, 1.165) is 21.9 Å². The Balaban J connectivity index is 2.41. The van der Waals surface area contributed by atoms with Crippen LogP contribution in [0.15, 0.2) is 36.4 Å². The number of sulfonamides is 1. The number of hydrogen-bond acceptors (Lipinski definition) is 2. The SMILES string of the molecule is CC(C)[Si](C#Cc1cc2ccccc2cc1CCCNS(=O)(=O)C(F)(F)F)(C(C)C)C(C)C. The number of alkyl halides is 3. The van der Waals surface area contributed by atoms with Crippen LogP contribution in [0.2, 0.25) is 16.6 Å². The van der Waals surface area contributed by atoms with Gasteiger partial charge in [0.2, 0.25) is 0 Å². The first-order chi connectivity index (χ1) is 15.2. The van der Waals surface area contributed by atoms with E-state index in [9.17, 15) is 21.6 Å². The zero-order valence-corrected chi connectivity index (χ0v) is 22.0. The zero-order chi connectivity index (χ0) is 25.0. The summed E-state index contributed by atoms with van der Waals surface area (Å²) in [6.45, 7) is 13.2. The van der Waals surface area contributed by atoms with Crippen LogP contribution in [0, 0.1) is 11.5 Å². The van der Waals surface area contributed by atoms with E-state index in [1.165, 1.54) is 0 Å².